The Hall–Kier alpha value is -3.02. The quantitative estimate of drug-likeness (QED) is 0.678. The second-order valence-corrected chi connectivity index (χ2v) is 5.63. The van der Waals surface area contributed by atoms with E-state index >= 15 is 0 Å². The van der Waals surface area contributed by atoms with Gasteiger partial charge in [-0.2, -0.15) is 0 Å². The molecule has 2 aromatic carbocycles. The molecule has 0 heterocycles. The minimum absolute atomic E-state index is 0.0830. The molecule has 0 bridgehead atoms. The number of amides is 4. The van der Waals surface area contributed by atoms with Crippen LogP contribution in [0.5, 0.6) is 0 Å². The van der Waals surface area contributed by atoms with E-state index in [1.165, 1.54) is 0 Å². The van der Waals surface area contributed by atoms with Crippen LogP contribution in [0.3, 0.4) is 0 Å². The van der Waals surface area contributed by atoms with Gasteiger partial charge in [0.25, 0.3) is 0 Å². The van der Waals surface area contributed by atoms with Crippen LogP contribution in [0.4, 0.5) is 21.0 Å². The Balaban J connectivity index is 1.88. The third kappa shape index (κ3) is 6.00. The number of rotatable bonds is 5. The Kier molecular flexibility index (Phi) is 6.19. The Morgan fingerprint density at radius 2 is 1.54 bits per heavy atom. The molecule has 0 spiro atoms. The van der Waals surface area contributed by atoms with Crippen LogP contribution < -0.4 is 21.3 Å². The molecule has 2 aromatic rings. The third-order valence-electron chi connectivity index (χ3n) is 3.09. The monoisotopic (exact) mass is 326 g/mol. The molecule has 0 saturated heterocycles. The van der Waals surface area contributed by atoms with Gasteiger partial charge in [0.15, 0.2) is 0 Å². The molecule has 6 nitrogen and oxygen atoms in total. The zero-order valence-electron chi connectivity index (χ0n) is 13.8. The summed E-state index contributed by atoms with van der Waals surface area (Å²) in [5, 5.41) is 11.1. The number of hydrogen-bond donors (Lipinski definition) is 4. The van der Waals surface area contributed by atoms with Crippen LogP contribution in [0.15, 0.2) is 54.6 Å². The lowest BCUT2D eigenvalue weighted by Crippen LogP contribution is -2.39. The summed E-state index contributed by atoms with van der Waals surface area (Å²) in [5.41, 5.74) is 2.27. The molecular formula is C18H22N4O2. The average Bonchev–Trinajstić information content (AvgIpc) is 2.53. The van der Waals surface area contributed by atoms with Gasteiger partial charge in [-0.05, 0) is 43.7 Å². The van der Waals surface area contributed by atoms with Crippen molar-refractivity contribution in [2.75, 3.05) is 10.6 Å². The summed E-state index contributed by atoms with van der Waals surface area (Å²) in [6, 6.07) is 16.1. The number of para-hydroxylation sites is 1. The van der Waals surface area contributed by atoms with Gasteiger partial charge in [-0.3, -0.25) is 0 Å². The summed E-state index contributed by atoms with van der Waals surface area (Å²) in [6.07, 6.45) is 0. The van der Waals surface area contributed by atoms with Gasteiger partial charge in [-0.1, -0.05) is 30.3 Å². The van der Waals surface area contributed by atoms with Crippen LogP contribution in [0.1, 0.15) is 19.4 Å². The van der Waals surface area contributed by atoms with E-state index in [-0.39, 0.29) is 18.1 Å². The standard InChI is InChI=1S/C18H22N4O2/c1-13(2)20-17(23)19-12-14-7-6-10-16(11-14)22-18(24)21-15-8-4-3-5-9-15/h3-11,13H,12H2,1-2H3,(H2,19,20,23)(H2,21,22,24). The highest BCUT2D eigenvalue weighted by molar-refractivity contribution is 5.99. The molecule has 0 aromatic heterocycles. The van der Waals surface area contributed by atoms with Crippen molar-refractivity contribution in [2.45, 2.75) is 26.4 Å². The molecule has 6 heteroatoms. The highest BCUT2D eigenvalue weighted by Crippen LogP contribution is 2.12. The van der Waals surface area contributed by atoms with Crippen LogP contribution in [0, 0.1) is 0 Å². The zero-order chi connectivity index (χ0) is 17.4. The minimum Gasteiger partial charge on any atom is -0.336 e. The van der Waals surface area contributed by atoms with Crippen molar-refractivity contribution >= 4 is 23.4 Å². The summed E-state index contributed by atoms with van der Waals surface area (Å²) in [4.78, 5) is 23.6. The van der Waals surface area contributed by atoms with E-state index in [1.54, 1.807) is 6.07 Å². The lowest BCUT2D eigenvalue weighted by molar-refractivity contribution is 0.238. The molecule has 4 N–H and O–H groups in total. The molecule has 0 aliphatic rings. The maximum atomic E-state index is 12.0. The second-order valence-electron chi connectivity index (χ2n) is 5.63. The predicted molar refractivity (Wildman–Crippen MR) is 96.0 cm³/mol. The second kappa shape index (κ2) is 8.57. The van der Waals surface area contributed by atoms with Gasteiger partial charge in [0.1, 0.15) is 0 Å². The fourth-order valence-electron chi connectivity index (χ4n) is 2.07. The van der Waals surface area contributed by atoms with Gasteiger partial charge < -0.3 is 21.3 Å². The fraction of sp³-hybridized carbons (Fsp3) is 0.222. The maximum Gasteiger partial charge on any atom is 0.323 e. The number of hydrogen-bond acceptors (Lipinski definition) is 2. The first-order chi connectivity index (χ1) is 11.5. The van der Waals surface area contributed by atoms with E-state index in [2.05, 4.69) is 21.3 Å². The molecule has 0 atom stereocenters. The number of carbonyl (C=O) groups is 2. The number of anilines is 2. The van der Waals surface area contributed by atoms with Crippen LogP contribution >= 0.6 is 0 Å². The van der Waals surface area contributed by atoms with E-state index < -0.39 is 0 Å². The van der Waals surface area contributed by atoms with E-state index in [4.69, 9.17) is 0 Å². The van der Waals surface area contributed by atoms with Gasteiger partial charge >= 0.3 is 12.1 Å². The van der Waals surface area contributed by atoms with Crippen molar-refractivity contribution in [2.24, 2.45) is 0 Å². The SMILES string of the molecule is CC(C)NC(=O)NCc1cccc(NC(=O)Nc2ccccc2)c1. The van der Waals surface area contributed by atoms with Gasteiger partial charge in [0.05, 0.1) is 0 Å². The van der Waals surface area contributed by atoms with Crippen LogP contribution in [0.2, 0.25) is 0 Å². The van der Waals surface area contributed by atoms with Gasteiger partial charge in [-0.25, -0.2) is 9.59 Å². The van der Waals surface area contributed by atoms with Crippen molar-refractivity contribution in [3.63, 3.8) is 0 Å². The topological polar surface area (TPSA) is 82.3 Å². The minimum atomic E-state index is -0.316. The fourth-order valence-corrected chi connectivity index (χ4v) is 2.07. The van der Waals surface area contributed by atoms with E-state index in [1.807, 2.05) is 62.4 Å². The average molecular weight is 326 g/mol. The number of carbonyl (C=O) groups excluding carboxylic acids is 2. The largest absolute Gasteiger partial charge is 0.336 e. The van der Waals surface area contributed by atoms with Crippen molar-refractivity contribution in [3.05, 3.63) is 60.2 Å². The number of urea groups is 2. The van der Waals surface area contributed by atoms with Crippen LogP contribution in [0.25, 0.3) is 0 Å². The summed E-state index contributed by atoms with van der Waals surface area (Å²) >= 11 is 0. The number of benzene rings is 2. The first-order valence-electron chi connectivity index (χ1n) is 7.79. The van der Waals surface area contributed by atoms with E-state index in [0.717, 1.165) is 11.3 Å². The highest BCUT2D eigenvalue weighted by atomic mass is 16.2. The third-order valence-corrected chi connectivity index (χ3v) is 3.09. The Morgan fingerprint density at radius 1 is 0.875 bits per heavy atom. The molecule has 0 unspecified atom stereocenters. The lowest BCUT2D eigenvalue weighted by atomic mass is 10.2. The highest BCUT2D eigenvalue weighted by Gasteiger charge is 2.05. The molecule has 126 valence electrons. The molecule has 0 aliphatic heterocycles. The Morgan fingerprint density at radius 3 is 2.25 bits per heavy atom. The first-order valence-corrected chi connectivity index (χ1v) is 7.79. The van der Waals surface area contributed by atoms with Crippen LogP contribution in [-0.2, 0) is 6.54 Å². The molecular weight excluding hydrogens is 304 g/mol. The summed E-state index contributed by atoms with van der Waals surface area (Å²) in [5.74, 6) is 0. The summed E-state index contributed by atoms with van der Waals surface area (Å²) in [7, 11) is 0. The van der Waals surface area contributed by atoms with E-state index in [0.29, 0.717) is 12.2 Å². The smallest absolute Gasteiger partial charge is 0.323 e. The normalized spacial score (nSPS) is 10.1. The molecule has 0 fully saturated rings. The summed E-state index contributed by atoms with van der Waals surface area (Å²) in [6.45, 7) is 4.18. The zero-order valence-corrected chi connectivity index (χ0v) is 13.8. The Bertz CT molecular complexity index is 686. The first kappa shape index (κ1) is 17.3. The predicted octanol–water partition coefficient (Wildman–Crippen LogP) is 3.54. The van der Waals surface area contributed by atoms with Crippen molar-refractivity contribution in [1.82, 2.24) is 10.6 Å². The molecule has 4 amide bonds. The van der Waals surface area contributed by atoms with E-state index in [9.17, 15) is 9.59 Å². The Labute approximate surface area is 141 Å². The van der Waals surface area contributed by atoms with Crippen molar-refractivity contribution < 1.29 is 9.59 Å². The lowest BCUT2D eigenvalue weighted by Gasteiger charge is -2.11. The van der Waals surface area contributed by atoms with Crippen LogP contribution in [-0.4, -0.2) is 18.1 Å². The van der Waals surface area contributed by atoms with Gasteiger partial charge in [0.2, 0.25) is 0 Å². The molecule has 2 rings (SSSR count). The molecule has 0 aliphatic carbocycles. The van der Waals surface area contributed by atoms with Crippen molar-refractivity contribution in [3.8, 4) is 0 Å². The van der Waals surface area contributed by atoms with Crippen molar-refractivity contribution in [1.29, 1.82) is 0 Å². The summed E-state index contributed by atoms with van der Waals surface area (Å²) < 4.78 is 0. The number of nitrogens with one attached hydrogen (secondary N) is 4. The molecule has 24 heavy (non-hydrogen) atoms. The maximum absolute atomic E-state index is 12.0. The van der Waals surface area contributed by atoms with Gasteiger partial charge in [0, 0.05) is 24.0 Å². The van der Waals surface area contributed by atoms with Gasteiger partial charge in [-0.15, -0.1) is 0 Å². The molecule has 0 radical (unpaired) electrons. The molecule has 0 saturated carbocycles.